The predicted molar refractivity (Wildman–Crippen MR) is 138 cm³/mol. The molecule has 0 fully saturated rings. The van der Waals surface area contributed by atoms with Crippen molar-refractivity contribution >= 4 is 23.1 Å². The fourth-order valence-electron chi connectivity index (χ4n) is 4.87. The average molecular weight is 463 g/mol. The first-order valence-corrected chi connectivity index (χ1v) is 12.9. The van der Waals surface area contributed by atoms with Crippen LogP contribution in [0.25, 0.3) is 0 Å². The highest BCUT2D eigenvalue weighted by Gasteiger charge is 2.26. The minimum absolute atomic E-state index is 0.425. The Balaban J connectivity index is 1.43. The molecule has 1 aromatic heterocycles. The molecule has 0 aliphatic heterocycles. The highest BCUT2D eigenvalue weighted by atomic mass is 32.1. The summed E-state index contributed by atoms with van der Waals surface area (Å²) < 4.78 is 5.80. The van der Waals surface area contributed by atoms with E-state index >= 15 is 0 Å². The molecule has 1 heterocycles. The van der Waals surface area contributed by atoms with Crippen LogP contribution in [0.15, 0.2) is 53.9 Å². The molecule has 1 aliphatic carbocycles. The van der Waals surface area contributed by atoms with Gasteiger partial charge < -0.3 is 4.74 Å². The largest absolute Gasteiger partial charge is 0.417 e. The van der Waals surface area contributed by atoms with Crippen molar-refractivity contribution in [3.8, 4) is 5.75 Å². The van der Waals surface area contributed by atoms with Gasteiger partial charge >= 0.3 is 6.09 Å². The Morgan fingerprint density at radius 2 is 1.88 bits per heavy atom. The van der Waals surface area contributed by atoms with Crippen molar-refractivity contribution in [2.75, 3.05) is 18.4 Å². The normalized spacial score (nSPS) is 15.3. The molecule has 0 spiro atoms. The summed E-state index contributed by atoms with van der Waals surface area (Å²) in [6.07, 6.45) is 4.89. The Labute approximate surface area is 201 Å². The van der Waals surface area contributed by atoms with Gasteiger partial charge in [-0.25, -0.2) is 4.79 Å². The summed E-state index contributed by atoms with van der Waals surface area (Å²) in [7, 11) is 0. The van der Waals surface area contributed by atoms with E-state index < -0.39 is 6.09 Å². The Morgan fingerprint density at radius 1 is 1.09 bits per heavy atom. The summed E-state index contributed by atoms with van der Waals surface area (Å²) in [5, 5.41) is 5.10. The van der Waals surface area contributed by atoms with E-state index in [2.05, 4.69) is 40.7 Å². The zero-order chi connectivity index (χ0) is 23.2. The van der Waals surface area contributed by atoms with Gasteiger partial charge in [-0.1, -0.05) is 43.3 Å². The predicted octanol–water partition coefficient (Wildman–Crippen LogP) is 6.79. The summed E-state index contributed by atoms with van der Waals surface area (Å²) in [5.74, 6) is 0.690. The average Bonchev–Trinajstić information content (AvgIpc) is 3.33. The first kappa shape index (κ1) is 23.5. The molecule has 4 rings (SSSR count). The third kappa shape index (κ3) is 5.84. The van der Waals surface area contributed by atoms with E-state index in [4.69, 9.17) is 4.74 Å². The Kier molecular flexibility index (Phi) is 7.84. The molecule has 0 radical (unpaired) electrons. The standard InChI is InChI=1S/C28H34N2O2S/c1-4-16-30(17-15-24-11-7-18-33-24)23-13-14-25-22(19-23)10-6-12-26(25)32-28(31)29-27-20(2)8-5-9-21(27)3/h5-12,18,23H,4,13-17,19H2,1-3H3,(H,29,31). The molecular formula is C28H34N2O2S. The second-order valence-corrected chi connectivity index (χ2v) is 9.97. The number of anilines is 1. The Bertz CT molecular complexity index is 1060. The van der Waals surface area contributed by atoms with Crippen LogP contribution in [0.4, 0.5) is 10.5 Å². The Hall–Kier alpha value is -2.63. The number of nitrogens with zero attached hydrogens (tertiary/aromatic N) is 1. The molecule has 4 nitrogen and oxygen atoms in total. The third-order valence-electron chi connectivity index (χ3n) is 6.58. The summed E-state index contributed by atoms with van der Waals surface area (Å²) in [6, 6.07) is 17.0. The number of para-hydroxylation sites is 1. The van der Waals surface area contributed by atoms with Gasteiger partial charge in [0.05, 0.1) is 0 Å². The molecule has 33 heavy (non-hydrogen) atoms. The molecule has 1 aliphatic rings. The van der Waals surface area contributed by atoms with Crippen LogP contribution in [-0.4, -0.2) is 30.1 Å². The maximum absolute atomic E-state index is 12.7. The molecule has 0 saturated carbocycles. The second-order valence-electron chi connectivity index (χ2n) is 8.94. The van der Waals surface area contributed by atoms with E-state index in [1.54, 1.807) is 0 Å². The van der Waals surface area contributed by atoms with Crippen LogP contribution in [0.1, 0.15) is 46.9 Å². The first-order chi connectivity index (χ1) is 16.0. The zero-order valence-corrected chi connectivity index (χ0v) is 20.7. The smallest absolute Gasteiger partial charge is 0.410 e. The van der Waals surface area contributed by atoms with Crippen LogP contribution in [0.3, 0.4) is 0 Å². The third-order valence-corrected chi connectivity index (χ3v) is 7.51. The van der Waals surface area contributed by atoms with Crippen molar-refractivity contribution < 1.29 is 9.53 Å². The molecule has 0 saturated heterocycles. The fraction of sp³-hybridized carbons (Fsp3) is 0.393. The van der Waals surface area contributed by atoms with Gasteiger partial charge in [0.2, 0.25) is 0 Å². The molecule has 5 heteroatoms. The minimum atomic E-state index is -0.425. The van der Waals surface area contributed by atoms with Gasteiger partial charge in [0.1, 0.15) is 5.75 Å². The van der Waals surface area contributed by atoms with Crippen molar-refractivity contribution in [2.45, 2.75) is 58.9 Å². The molecule has 1 amide bonds. The lowest BCUT2D eigenvalue weighted by Crippen LogP contribution is -2.41. The van der Waals surface area contributed by atoms with Crippen molar-refractivity contribution in [3.63, 3.8) is 0 Å². The lowest BCUT2D eigenvalue weighted by Gasteiger charge is -2.35. The van der Waals surface area contributed by atoms with Crippen LogP contribution in [-0.2, 0) is 19.3 Å². The number of ether oxygens (including phenoxy) is 1. The number of benzene rings is 2. The number of carbonyl (C=O) groups excluding carboxylic acids is 1. The molecule has 1 atom stereocenters. The molecule has 2 aromatic carbocycles. The summed E-state index contributed by atoms with van der Waals surface area (Å²) in [6.45, 7) is 8.47. The number of hydrogen-bond donors (Lipinski definition) is 1. The summed E-state index contributed by atoms with van der Waals surface area (Å²) in [4.78, 5) is 16.8. The van der Waals surface area contributed by atoms with E-state index in [1.165, 1.54) is 16.0 Å². The van der Waals surface area contributed by atoms with Gasteiger partial charge in [-0.15, -0.1) is 11.3 Å². The lowest BCUT2D eigenvalue weighted by atomic mass is 9.86. The second kappa shape index (κ2) is 11.0. The Morgan fingerprint density at radius 3 is 2.61 bits per heavy atom. The number of hydrogen-bond acceptors (Lipinski definition) is 4. The van der Waals surface area contributed by atoms with Gasteiger partial charge in [0.25, 0.3) is 0 Å². The zero-order valence-electron chi connectivity index (χ0n) is 19.9. The van der Waals surface area contributed by atoms with Gasteiger partial charge in [-0.3, -0.25) is 10.2 Å². The molecule has 174 valence electrons. The van der Waals surface area contributed by atoms with Crippen LogP contribution >= 0.6 is 11.3 Å². The van der Waals surface area contributed by atoms with E-state index in [1.807, 2.05) is 55.5 Å². The van der Waals surface area contributed by atoms with E-state index in [-0.39, 0.29) is 0 Å². The maximum atomic E-state index is 12.7. The molecule has 1 N–H and O–H groups in total. The monoisotopic (exact) mass is 462 g/mol. The van der Waals surface area contributed by atoms with E-state index in [0.29, 0.717) is 11.8 Å². The molecule has 3 aromatic rings. The van der Waals surface area contributed by atoms with Gasteiger partial charge in [-0.05, 0) is 92.3 Å². The van der Waals surface area contributed by atoms with Crippen LogP contribution in [0.2, 0.25) is 0 Å². The maximum Gasteiger partial charge on any atom is 0.417 e. The van der Waals surface area contributed by atoms with Crippen molar-refractivity contribution in [3.05, 3.63) is 81.0 Å². The summed E-state index contributed by atoms with van der Waals surface area (Å²) in [5.41, 5.74) is 5.38. The van der Waals surface area contributed by atoms with Crippen molar-refractivity contribution in [2.24, 2.45) is 0 Å². The van der Waals surface area contributed by atoms with Gasteiger partial charge in [0.15, 0.2) is 0 Å². The fourth-order valence-corrected chi connectivity index (χ4v) is 5.57. The van der Waals surface area contributed by atoms with Crippen LogP contribution < -0.4 is 10.1 Å². The quantitative estimate of drug-likeness (QED) is 0.401. The minimum Gasteiger partial charge on any atom is -0.410 e. The first-order valence-electron chi connectivity index (χ1n) is 12.0. The molecule has 0 bridgehead atoms. The van der Waals surface area contributed by atoms with Crippen LogP contribution in [0, 0.1) is 13.8 Å². The van der Waals surface area contributed by atoms with E-state index in [9.17, 15) is 4.79 Å². The number of nitrogens with one attached hydrogen (secondary N) is 1. The van der Waals surface area contributed by atoms with Crippen LogP contribution in [0.5, 0.6) is 5.75 Å². The number of thiophene rings is 1. The molecular weight excluding hydrogens is 428 g/mol. The highest BCUT2D eigenvalue weighted by Crippen LogP contribution is 2.32. The lowest BCUT2D eigenvalue weighted by molar-refractivity contribution is 0.181. The molecule has 1 unspecified atom stereocenters. The highest BCUT2D eigenvalue weighted by molar-refractivity contribution is 7.09. The summed E-state index contributed by atoms with van der Waals surface area (Å²) >= 11 is 1.85. The number of fused-ring (bicyclic) bond motifs is 1. The van der Waals surface area contributed by atoms with Crippen molar-refractivity contribution in [1.82, 2.24) is 4.90 Å². The van der Waals surface area contributed by atoms with E-state index in [0.717, 1.165) is 62.0 Å². The van der Waals surface area contributed by atoms with Gasteiger partial charge in [-0.2, -0.15) is 0 Å². The topological polar surface area (TPSA) is 41.6 Å². The number of aryl methyl sites for hydroxylation is 2. The number of carbonyl (C=O) groups is 1. The van der Waals surface area contributed by atoms with Crippen molar-refractivity contribution in [1.29, 1.82) is 0 Å². The number of rotatable bonds is 8. The number of amides is 1. The SMILES string of the molecule is CCCN(CCc1cccs1)C1CCc2c(cccc2OC(=O)Nc2c(C)cccc2C)C1. The van der Waals surface area contributed by atoms with Gasteiger partial charge in [0, 0.05) is 23.2 Å².